The fourth-order valence-corrected chi connectivity index (χ4v) is 1.14. The van der Waals surface area contributed by atoms with Gasteiger partial charge in [-0.15, -0.1) is 0 Å². The molecule has 6 nitrogen and oxygen atoms in total. The summed E-state index contributed by atoms with van der Waals surface area (Å²) in [5, 5.41) is 11.3. The van der Waals surface area contributed by atoms with Gasteiger partial charge in [-0.1, -0.05) is 0 Å². The van der Waals surface area contributed by atoms with Gasteiger partial charge in [0, 0.05) is 12.6 Å². The van der Waals surface area contributed by atoms with Crippen molar-refractivity contribution in [1.82, 2.24) is 10.2 Å². The second kappa shape index (κ2) is 4.90. The fraction of sp³-hybridized carbons (Fsp3) is 0.455. The molecule has 0 aromatic carbocycles. The second-order valence-corrected chi connectivity index (χ2v) is 4.35. The van der Waals surface area contributed by atoms with Crippen LogP contribution in [0.4, 0.5) is 4.79 Å². The lowest BCUT2D eigenvalue weighted by Crippen LogP contribution is -2.53. The lowest BCUT2D eigenvalue weighted by atomic mass is 10.1. The summed E-state index contributed by atoms with van der Waals surface area (Å²) in [6.07, 6.45) is 3.05. The molecule has 0 spiro atoms. The van der Waals surface area contributed by atoms with Crippen LogP contribution < -0.4 is 5.32 Å². The van der Waals surface area contributed by atoms with Crippen LogP contribution in [0.15, 0.2) is 23.0 Å². The Morgan fingerprint density at radius 2 is 2.18 bits per heavy atom. The molecule has 2 N–H and O–H groups in total. The van der Waals surface area contributed by atoms with Crippen LogP contribution >= 0.6 is 0 Å². The van der Waals surface area contributed by atoms with E-state index in [0.717, 1.165) is 5.56 Å². The van der Waals surface area contributed by atoms with Gasteiger partial charge in [-0.2, -0.15) is 0 Å². The second-order valence-electron chi connectivity index (χ2n) is 4.35. The fourth-order valence-electron chi connectivity index (χ4n) is 1.14. The minimum Gasteiger partial charge on any atom is -0.480 e. The number of carbonyl (C=O) groups is 2. The van der Waals surface area contributed by atoms with Crippen LogP contribution in [0.3, 0.4) is 0 Å². The summed E-state index contributed by atoms with van der Waals surface area (Å²) in [5.74, 6) is -1.08. The summed E-state index contributed by atoms with van der Waals surface area (Å²) in [7, 11) is 1.58. The van der Waals surface area contributed by atoms with Gasteiger partial charge in [0.2, 0.25) is 0 Å². The maximum atomic E-state index is 11.7. The van der Waals surface area contributed by atoms with Crippen molar-refractivity contribution < 1.29 is 19.1 Å². The van der Waals surface area contributed by atoms with Crippen LogP contribution in [-0.4, -0.2) is 34.6 Å². The number of hydrogen-bond donors (Lipinski definition) is 2. The molecule has 0 atom stereocenters. The average molecular weight is 240 g/mol. The normalized spacial score (nSPS) is 11.0. The lowest BCUT2D eigenvalue weighted by Gasteiger charge is -2.25. The minimum atomic E-state index is -1.29. The first-order chi connectivity index (χ1) is 7.83. The summed E-state index contributed by atoms with van der Waals surface area (Å²) in [6.45, 7) is 3.22. The Hall–Kier alpha value is -1.98. The van der Waals surface area contributed by atoms with Gasteiger partial charge in [0.05, 0.1) is 19.1 Å². The number of rotatable bonds is 4. The number of carbonyl (C=O) groups excluding carboxylic acids is 1. The molecule has 0 aliphatic heterocycles. The van der Waals surface area contributed by atoms with Crippen molar-refractivity contribution in [3.63, 3.8) is 0 Å². The van der Waals surface area contributed by atoms with Crippen LogP contribution in [0, 0.1) is 0 Å². The number of urea groups is 1. The van der Waals surface area contributed by atoms with E-state index < -0.39 is 17.5 Å². The average Bonchev–Trinajstić information content (AvgIpc) is 2.69. The summed E-state index contributed by atoms with van der Waals surface area (Å²) >= 11 is 0. The molecule has 1 heterocycles. The van der Waals surface area contributed by atoms with Gasteiger partial charge >= 0.3 is 12.0 Å². The van der Waals surface area contributed by atoms with Crippen molar-refractivity contribution in [1.29, 1.82) is 0 Å². The molecule has 6 heteroatoms. The van der Waals surface area contributed by atoms with E-state index in [-0.39, 0.29) is 0 Å². The maximum absolute atomic E-state index is 11.7. The Balaban J connectivity index is 2.56. The Bertz CT molecular complexity index is 398. The van der Waals surface area contributed by atoms with Gasteiger partial charge in [0.25, 0.3) is 0 Å². The largest absolute Gasteiger partial charge is 0.480 e. The molecule has 0 unspecified atom stereocenters. The molecule has 0 aliphatic rings. The monoisotopic (exact) mass is 240 g/mol. The summed E-state index contributed by atoms with van der Waals surface area (Å²) in [5.41, 5.74) is -0.447. The highest BCUT2D eigenvalue weighted by atomic mass is 16.4. The van der Waals surface area contributed by atoms with E-state index in [1.807, 2.05) is 0 Å². The van der Waals surface area contributed by atoms with Crippen molar-refractivity contribution in [2.24, 2.45) is 0 Å². The number of furan rings is 1. The van der Waals surface area contributed by atoms with E-state index in [1.54, 1.807) is 13.1 Å². The number of amides is 2. The van der Waals surface area contributed by atoms with Gasteiger partial charge < -0.3 is 19.7 Å². The standard InChI is InChI=1S/C11H16N2O4/c1-11(2,9(14)15)12-10(16)13(3)6-8-4-5-17-7-8/h4-5,7H,6H2,1-3H3,(H,12,16)(H,14,15). The lowest BCUT2D eigenvalue weighted by molar-refractivity contribution is -0.143. The Morgan fingerprint density at radius 3 is 2.65 bits per heavy atom. The number of nitrogens with zero attached hydrogens (tertiary/aromatic N) is 1. The molecule has 0 radical (unpaired) electrons. The zero-order chi connectivity index (χ0) is 13.1. The zero-order valence-corrected chi connectivity index (χ0v) is 10.1. The van der Waals surface area contributed by atoms with Crippen LogP contribution in [0.1, 0.15) is 19.4 Å². The SMILES string of the molecule is CN(Cc1ccoc1)C(=O)NC(C)(C)C(=O)O. The number of hydrogen-bond acceptors (Lipinski definition) is 3. The summed E-state index contributed by atoms with van der Waals surface area (Å²) in [4.78, 5) is 23.9. The quantitative estimate of drug-likeness (QED) is 0.830. The Kier molecular flexibility index (Phi) is 3.77. The first-order valence-corrected chi connectivity index (χ1v) is 5.10. The van der Waals surface area contributed by atoms with Crippen LogP contribution in [0.2, 0.25) is 0 Å². The van der Waals surface area contributed by atoms with Crippen molar-refractivity contribution in [3.8, 4) is 0 Å². The molecule has 0 bridgehead atoms. The van der Waals surface area contributed by atoms with Gasteiger partial charge in [-0.05, 0) is 19.9 Å². The molecule has 1 aromatic heterocycles. The zero-order valence-electron chi connectivity index (χ0n) is 10.1. The van der Waals surface area contributed by atoms with E-state index in [9.17, 15) is 9.59 Å². The van der Waals surface area contributed by atoms with Crippen molar-refractivity contribution >= 4 is 12.0 Å². The predicted octanol–water partition coefficient (Wildman–Crippen LogP) is 1.28. The third-order valence-corrected chi connectivity index (χ3v) is 2.30. The van der Waals surface area contributed by atoms with Gasteiger partial charge in [0.15, 0.2) is 0 Å². The summed E-state index contributed by atoms with van der Waals surface area (Å²) in [6, 6.07) is 1.30. The molecular formula is C11H16N2O4. The third kappa shape index (κ3) is 3.51. The molecule has 1 rings (SSSR count). The van der Waals surface area contributed by atoms with Gasteiger partial charge in [-0.25, -0.2) is 9.59 Å². The molecule has 0 saturated heterocycles. The van der Waals surface area contributed by atoms with E-state index in [2.05, 4.69) is 5.32 Å². The highest BCUT2D eigenvalue weighted by Crippen LogP contribution is 2.06. The van der Waals surface area contributed by atoms with E-state index >= 15 is 0 Å². The topological polar surface area (TPSA) is 82.8 Å². The molecule has 94 valence electrons. The molecule has 1 aromatic rings. The molecule has 2 amide bonds. The van der Waals surface area contributed by atoms with Crippen LogP contribution in [0.25, 0.3) is 0 Å². The molecule has 17 heavy (non-hydrogen) atoms. The van der Waals surface area contributed by atoms with Gasteiger partial charge in [0.1, 0.15) is 5.54 Å². The molecule has 0 fully saturated rings. The minimum absolute atomic E-state index is 0.359. The van der Waals surface area contributed by atoms with E-state index in [1.165, 1.54) is 31.3 Å². The van der Waals surface area contributed by atoms with Crippen LogP contribution in [-0.2, 0) is 11.3 Å². The Morgan fingerprint density at radius 1 is 1.53 bits per heavy atom. The molecule has 0 saturated carbocycles. The van der Waals surface area contributed by atoms with Crippen molar-refractivity contribution in [2.45, 2.75) is 25.9 Å². The van der Waals surface area contributed by atoms with Gasteiger partial charge in [-0.3, -0.25) is 0 Å². The molecule has 0 aliphatic carbocycles. The smallest absolute Gasteiger partial charge is 0.328 e. The first-order valence-electron chi connectivity index (χ1n) is 5.10. The highest BCUT2D eigenvalue weighted by Gasteiger charge is 2.30. The number of nitrogens with one attached hydrogen (secondary N) is 1. The first kappa shape index (κ1) is 13.1. The summed E-state index contributed by atoms with van der Waals surface area (Å²) < 4.78 is 4.88. The van der Waals surface area contributed by atoms with Crippen LogP contribution in [0.5, 0.6) is 0 Å². The number of carboxylic acid groups (broad SMARTS) is 1. The highest BCUT2D eigenvalue weighted by molar-refractivity contribution is 5.85. The van der Waals surface area contributed by atoms with E-state index in [4.69, 9.17) is 9.52 Å². The predicted molar refractivity (Wildman–Crippen MR) is 60.4 cm³/mol. The molecular weight excluding hydrogens is 224 g/mol. The van der Waals surface area contributed by atoms with E-state index in [0.29, 0.717) is 6.54 Å². The van der Waals surface area contributed by atoms with Crippen molar-refractivity contribution in [2.75, 3.05) is 7.05 Å². The number of carboxylic acids is 1. The Labute approximate surface area is 99.2 Å². The third-order valence-electron chi connectivity index (χ3n) is 2.30. The number of aliphatic carboxylic acids is 1. The maximum Gasteiger partial charge on any atom is 0.328 e. The van der Waals surface area contributed by atoms with Crippen molar-refractivity contribution in [3.05, 3.63) is 24.2 Å².